The van der Waals surface area contributed by atoms with Crippen molar-refractivity contribution in [1.82, 2.24) is 15.2 Å². The molecule has 3 aromatic rings. The fourth-order valence-corrected chi connectivity index (χ4v) is 3.16. The maximum atomic E-state index is 12.8. The van der Waals surface area contributed by atoms with Crippen molar-refractivity contribution in [3.05, 3.63) is 54.2 Å². The van der Waals surface area contributed by atoms with Gasteiger partial charge in [0, 0.05) is 17.9 Å². The molecule has 35 heavy (non-hydrogen) atoms. The zero-order valence-electron chi connectivity index (χ0n) is 19.4. The van der Waals surface area contributed by atoms with Gasteiger partial charge in [-0.15, -0.1) is 0 Å². The molecule has 10 nitrogen and oxygen atoms in total. The number of rotatable bonds is 5. The van der Waals surface area contributed by atoms with Gasteiger partial charge in [0.05, 0.1) is 28.6 Å². The van der Waals surface area contributed by atoms with Crippen molar-refractivity contribution in [2.45, 2.75) is 51.6 Å². The standard InChI is InChI=1S/C21H22BF3N6O4/c1-19(2)20(3,4)35-22(34-19)14-5-6-15(27-9-14)11-31-12-17(33-30-31)29-18(32)28-16-7-13(8-26-10-16)21(23,24)25/h5-10,12H,11H2,1-4H3,(H-,28,29,30,32)/p+1. The van der Waals surface area contributed by atoms with E-state index in [0.29, 0.717) is 11.9 Å². The lowest BCUT2D eigenvalue weighted by Crippen LogP contribution is -2.41. The fraction of sp³-hybridized carbons (Fsp3) is 0.381. The van der Waals surface area contributed by atoms with Gasteiger partial charge in [0.1, 0.15) is 5.69 Å². The summed E-state index contributed by atoms with van der Waals surface area (Å²) in [5.41, 5.74) is -0.586. The van der Waals surface area contributed by atoms with Gasteiger partial charge >= 0.3 is 25.2 Å². The molecule has 1 fully saturated rings. The Hall–Kier alpha value is -3.52. The third-order valence-electron chi connectivity index (χ3n) is 5.77. The van der Waals surface area contributed by atoms with E-state index in [1.54, 1.807) is 12.3 Å². The van der Waals surface area contributed by atoms with Gasteiger partial charge in [-0.2, -0.15) is 13.2 Å². The first kappa shape index (κ1) is 24.6. The van der Waals surface area contributed by atoms with E-state index >= 15 is 0 Å². The van der Waals surface area contributed by atoms with Gasteiger partial charge in [-0.3, -0.25) is 19.8 Å². The summed E-state index contributed by atoms with van der Waals surface area (Å²) in [5.74, 6) is -0.0173. The van der Waals surface area contributed by atoms with Crippen LogP contribution in [0.5, 0.6) is 0 Å². The third-order valence-corrected chi connectivity index (χ3v) is 5.77. The van der Waals surface area contributed by atoms with Crippen LogP contribution in [0, 0.1) is 0 Å². The van der Waals surface area contributed by atoms with Gasteiger partial charge in [0.25, 0.3) is 6.20 Å². The zero-order valence-corrected chi connectivity index (χ0v) is 19.4. The first-order valence-corrected chi connectivity index (χ1v) is 10.6. The number of hydrogen-bond donors (Lipinski definition) is 2. The molecule has 1 aliphatic rings. The number of amides is 2. The second kappa shape index (κ2) is 8.93. The monoisotopic (exact) mass is 491 g/mol. The van der Waals surface area contributed by atoms with E-state index in [9.17, 15) is 18.0 Å². The van der Waals surface area contributed by atoms with Crippen molar-refractivity contribution in [3.63, 3.8) is 0 Å². The summed E-state index contributed by atoms with van der Waals surface area (Å²) < 4.78 is 56.8. The van der Waals surface area contributed by atoms with E-state index < -0.39 is 36.1 Å². The molecule has 3 aromatic heterocycles. The normalized spacial score (nSPS) is 16.8. The van der Waals surface area contributed by atoms with Gasteiger partial charge in [0.15, 0.2) is 0 Å². The van der Waals surface area contributed by atoms with Crippen LogP contribution in [-0.4, -0.2) is 39.6 Å². The number of aromatic nitrogens is 4. The van der Waals surface area contributed by atoms with Crippen molar-refractivity contribution >= 4 is 30.2 Å². The number of carbonyl (C=O) groups excluding carboxylic acids is 1. The van der Waals surface area contributed by atoms with Crippen LogP contribution in [0.1, 0.15) is 39.0 Å². The smallest absolute Gasteiger partial charge is 0.399 e. The number of nitrogens with zero attached hydrogens (tertiary/aromatic N) is 4. The molecule has 0 unspecified atom stereocenters. The van der Waals surface area contributed by atoms with E-state index in [4.69, 9.17) is 13.8 Å². The van der Waals surface area contributed by atoms with E-state index in [1.165, 1.54) is 10.9 Å². The summed E-state index contributed by atoms with van der Waals surface area (Å²) in [6.07, 6.45) is 0.253. The molecule has 1 aliphatic heterocycles. The quantitative estimate of drug-likeness (QED) is 0.417. The molecule has 0 aliphatic carbocycles. The maximum Gasteiger partial charge on any atom is 0.496 e. The zero-order chi connectivity index (χ0) is 25.4. The Morgan fingerprint density at radius 1 is 1.09 bits per heavy atom. The lowest BCUT2D eigenvalue weighted by molar-refractivity contribution is -0.755. The number of anilines is 2. The maximum absolute atomic E-state index is 12.8. The molecule has 4 rings (SSSR count). The Bertz CT molecular complexity index is 1200. The largest absolute Gasteiger partial charge is 0.496 e. The van der Waals surface area contributed by atoms with Crippen LogP contribution >= 0.6 is 0 Å². The lowest BCUT2D eigenvalue weighted by atomic mass is 9.80. The highest BCUT2D eigenvalue weighted by Gasteiger charge is 2.51. The Balaban J connectivity index is 1.34. The number of alkyl halides is 3. The first-order valence-electron chi connectivity index (χ1n) is 10.6. The number of halogens is 3. The Labute approximate surface area is 199 Å². The highest BCUT2D eigenvalue weighted by Crippen LogP contribution is 2.36. The molecule has 0 saturated carbocycles. The van der Waals surface area contributed by atoms with Gasteiger partial charge < -0.3 is 14.6 Å². The second-order valence-corrected chi connectivity index (χ2v) is 8.97. The molecule has 0 spiro atoms. The van der Waals surface area contributed by atoms with Crippen molar-refractivity contribution < 1.29 is 36.5 Å². The van der Waals surface area contributed by atoms with E-state index in [-0.39, 0.29) is 18.1 Å². The molecular weight excluding hydrogens is 468 g/mol. The van der Waals surface area contributed by atoms with Gasteiger partial charge in [0.2, 0.25) is 11.8 Å². The number of nitrogens with one attached hydrogen (secondary N) is 2. The number of pyridine rings is 2. The topological polar surface area (TPSA) is 115 Å². The summed E-state index contributed by atoms with van der Waals surface area (Å²) >= 11 is 0. The minimum absolute atomic E-state index is 0.0173. The predicted molar refractivity (Wildman–Crippen MR) is 118 cm³/mol. The molecule has 14 heteroatoms. The van der Waals surface area contributed by atoms with Crippen LogP contribution in [0.3, 0.4) is 0 Å². The van der Waals surface area contributed by atoms with Crippen LogP contribution in [0.2, 0.25) is 0 Å². The summed E-state index contributed by atoms with van der Waals surface area (Å²) in [6, 6.07) is 3.59. The Morgan fingerprint density at radius 2 is 1.80 bits per heavy atom. The fourth-order valence-electron chi connectivity index (χ4n) is 3.16. The van der Waals surface area contributed by atoms with Crippen molar-refractivity contribution in [1.29, 1.82) is 0 Å². The van der Waals surface area contributed by atoms with Gasteiger partial charge in [-0.1, -0.05) is 6.07 Å². The van der Waals surface area contributed by atoms with Gasteiger partial charge in [-0.05, 0) is 44.5 Å². The van der Waals surface area contributed by atoms with Crippen LogP contribution in [-0.2, 0) is 22.0 Å². The van der Waals surface area contributed by atoms with Crippen molar-refractivity contribution in [2.24, 2.45) is 0 Å². The molecule has 0 aromatic carbocycles. The molecule has 0 atom stereocenters. The summed E-state index contributed by atoms with van der Waals surface area (Å²) in [5, 5.41) is 8.42. The van der Waals surface area contributed by atoms with Crippen LogP contribution in [0.15, 0.2) is 47.5 Å². The summed E-state index contributed by atoms with van der Waals surface area (Å²) in [6.45, 7) is 8.13. The second-order valence-electron chi connectivity index (χ2n) is 8.97. The molecule has 2 amide bonds. The Morgan fingerprint density at radius 3 is 2.43 bits per heavy atom. The van der Waals surface area contributed by atoms with E-state index in [2.05, 4.69) is 25.9 Å². The molecule has 4 heterocycles. The summed E-state index contributed by atoms with van der Waals surface area (Å²) in [7, 11) is -0.525. The number of hydrogen-bond acceptors (Lipinski definition) is 7. The molecule has 1 saturated heterocycles. The van der Waals surface area contributed by atoms with Crippen LogP contribution < -0.4 is 20.8 Å². The average Bonchev–Trinajstić information content (AvgIpc) is 3.28. The first-order chi connectivity index (χ1) is 16.3. The molecule has 184 valence electrons. The van der Waals surface area contributed by atoms with Crippen molar-refractivity contribution in [3.8, 4) is 0 Å². The van der Waals surface area contributed by atoms with Gasteiger partial charge in [-0.25, -0.2) is 4.79 Å². The highest BCUT2D eigenvalue weighted by molar-refractivity contribution is 6.62. The number of urea groups is 1. The molecule has 0 bridgehead atoms. The highest BCUT2D eigenvalue weighted by atomic mass is 19.4. The van der Waals surface area contributed by atoms with Crippen LogP contribution in [0.4, 0.5) is 29.5 Å². The molecule has 0 radical (unpaired) electrons. The van der Waals surface area contributed by atoms with Crippen molar-refractivity contribution in [2.75, 3.05) is 10.6 Å². The summed E-state index contributed by atoms with van der Waals surface area (Å²) in [4.78, 5) is 20.0. The SMILES string of the molecule is CC1(C)OB(c2ccc(C[n+]3cc(NC(=O)Nc4cncc(C(F)(F)F)c4)on3)nc2)OC1(C)C. The van der Waals surface area contributed by atoms with Crippen LogP contribution in [0.25, 0.3) is 0 Å². The number of carbonyl (C=O) groups is 1. The van der Waals surface area contributed by atoms with E-state index in [1.807, 2.05) is 33.8 Å². The predicted octanol–water partition coefficient (Wildman–Crippen LogP) is 2.76. The molecular formula is C21H23BF3N6O4+. The third kappa shape index (κ3) is 5.60. The lowest BCUT2D eigenvalue weighted by Gasteiger charge is -2.32. The Kier molecular flexibility index (Phi) is 6.28. The molecule has 2 N–H and O–H groups in total. The average molecular weight is 491 g/mol. The minimum Gasteiger partial charge on any atom is -0.399 e. The minimum atomic E-state index is -4.58. The van der Waals surface area contributed by atoms with E-state index in [0.717, 1.165) is 17.7 Å².